The molecule has 4 nitrogen and oxygen atoms in total. The van der Waals surface area contributed by atoms with Crippen molar-refractivity contribution in [2.75, 3.05) is 0 Å². The van der Waals surface area contributed by atoms with E-state index in [1.54, 1.807) is 24.3 Å². The molecule has 0 spiro atoms. The number of hydrogen-bond acceptors (Lipinski definition) is 2. The molecule has 24 heavy (non-hydrogen) atoms. The van der Waals surface area contributed by atoms with Crippen LogP contribution >= 0.6 is 0 Å². The van der Waals surface area contributed by atoms with E-state index in [1.807, 2.05) is 43.5 Å². The van der Waals surface area contributed by atoms with Crippen molar-refractivity contribution in [3.63, 3.8) is 0 Å². The molecule has 0 radical (unpaired) electrons. The van der Waals surface area contributed by atoms with Gasteiger partial charge in [0, 0.05) is 11.7 Å². The van der Waals surface area contributed by atoms with E-state index in [-0.39, 0.29) is 11.6 Å². The summed E-state index contributed by atoms with van der Waals surface area (Å²) in [7, 11) is 0. The van der Waals surface area contributed by atoms with E-state index in [1.165, 1.54) is 0 Å². The Kier molecular flexibility index (Phi) is 5.54. The highest BCUT2D eigenvalue weighted by Crippen LogP contribution is 2.16. The van der Waals surface area contributed by atoms with Gasteiger partial charge in [-0.2, -0.15) is 5.26 Å². The quantitative estimate of drug-likeness (QED) is 0.482. The fourth-order valence-corrected chi connectivity index (χ4v) is 2.36. The summed E-state index contributed by atoms with van der Waals surface area (Å²) in [5, 5.41) is 13.1. The Hall–Kier alpha value is -3.32. The predicted octanol–water partition coefficient (Wildman–Crippen LogP) is 3.88. The number of nitriles is 1. The predicted molar refractivity (Wildman–Crippen MR) is 98.0 cm³/mol. The van der Waals surface area contributed by atoms with Crippen molar-refractivity contribution in [1.82, 2.24) is 10.3 Å². The van der Waals surface area contributed by atoms with Crippen LogP contribution in [-0.4, -0.2) is 16.9 Å². The van der Waals surface area contributed by atoms with Crippen molar-refractivity contribution in [1.29, 1.82) is 5.26 Å². The number of allylic oxidation sites excluding steroid dienone is 2. The van der Waals surface area contributed by atoms with Gasteiger partial charge >= 0.3 is 0 Å². The summed E-state index contributed by atoms with van der Waals surface area (Å²) in [5.74, 6) is -0.420. The van der Waals surface area contributed by atoms with E-state index in [0.29, 0.717) is 0 Å². The minimum atomic E-state index is -0.420. The highest BCUT2D eigenvalue weighted by atomic mass is 16.1. The number of amides is 1. The highest BCUT2D eigenvalue weighted by Gasteiger charge is 2.14. The molecule has 4 heteroatoms. The van der Waals surface area contributed by atoms with Crippen LogP contribution in [0.4, 0.5) is 0 Å². The van der Waals surface area contributed by atoms with Crippen LogP contribution in [0.25, 0.3) is 17.0 Å². The number of hydrogen-bond donors (Lipinski definition) is 2. The van der Waals surface area contributed by atoms with Crippen LogP contribution in [0.5, 0.6) is 0 Å². The molecule has 2 aromatic rings. The Labute approximate surface area is 141 Å². The molecule has 1 heterocycles. The maximum Gasteiger partial charge on any atom is 0.262 e. The maximum absolute atomic E-state index is 12.3. The Morgan fingerprint density at radius 3 is 2.83 bits per heavy atom. The van der Waals surface area contributed by atoms with Crippen molar-refractivity contribution >= 4 is 22.9 Å². The molecule has 1 unspecified atom stereocenters. The van der Waals surface area contributed by atoms with Crippen molar-refractivity contribution in [2.24, 2.45) is 0 Å². The van der Waals surface area contributed by atoms with Gasteiger partial charge in [0.05, 0.1) is 6.04 Å². The molecule has 1 aromatic heterocycles. The van der Waals surface area contributed by atoms with Crippen molar-refractivity contribution < 1.29 is 4.79 Å². The molecule has 0 bridgehead atoms. The Morgan fingerprint density at radius 2 is 2.17 bits per heavy atom. The topological polar surface area (TPSA) is 68.7 Å². The number of aromatic nitrogens is 1. The van der Waals surface area contributed by atoms with Crippen molar-refractivity contribution in [2.45, 2.75) is 13.0 Å². The second kappa shape index (κ2) is 7.80. The van der Waals surface area contributed by atoms with E-state index in [4.69, 9.17) is 0 Å². The molecule has 0 aliphatic rings. The van der Waals surface area contributed by atoms with Crippen molar-refractivity contribution in [3.8, 4) is 6.07 Å². The first kappa shape index (κ1) is 17.0. The Bertz CT molecular complexity index is 878. The van der Waals surface area contributed by atoms with Gasteiger partial charge in [-0.05, 0) is 47.7 Å². The van der Waals surface area contributed by atoms with Gasteiger partial charge in [0.2, 0.25) is 0 Å². The lowest BCUT2D eigenvalue weighted by Gasteiger charge is -2.14. The molecule has 0 aliphatic carbocycles. The third-order valence-corrected chi connectivity index (χ3v) is 3.65. The minimum absolute atomic E-state index is 0.0544. The Morgan fingerprint density at radius 1 is 1.38 bits per heavy atom. The Balaban J connectivity index is 2.22. The molecule has 0 fully saturated rings. The molecule has 1 amide bonds. The first-order valence-corrected chi connectivity index (χ1v) is 7.54. The number of rotatable bonds is 6. The molecule has 1 aromatic carbocycles. The first-order chi connectivity index (χ1) is 11.6. The maximum atomic E-state index is 12.3. The van der Waals surface area contributed by atoms with Gasteiger partial charge < -0.3 is 10.3 Å². The second-order valence-electron chi connectivity index (χ2n) is 5.30. The molecular formula is C20H19N3O. The monoisotopic (exact) mass is 317 g/mol. The number of carbonyl (C=O) groups is 1. The smallest absolute Gasteiger partial charge is 0.262 e. The normalized spacial score (nSPS) is 13.2. The summed E-state index contributed by atoms with van der Waals surface area (Å²) in [6.45, 7) is 9.18. The standard InChI is InChI=1S/C20H19N3O/c1-4-6-16(5-2)14(3)23-20(24)18(13-21)12-15-7-8-19-17(11-15)9-10-22-19/h4-12,14,22H,1-2H2,3H3,(H,23,24)/b16-6+,18-12+. The molecule has 2 N–H and O–H groups in total. The summed E-state index contributed by atoms with van der Waals surface area (Å²) in [6, 6.07) is 9.34. The van der Waals surface area contributed by atoms with Crippen molar-refractivity contribution in [3.05, 3.63) is 78.6 Å². The summed E-state index contributed by atoms with van der Waals surface area (Å²) in [5.41, 5.74) is 2.68. The first-order valence-electron chi connectivity index (χ1n) is 7.54. The lowest BCUT2D eigenvalue weighted by molar-refractivity contribution is -0.117. The molecule has 120 valence electrons. The van der Waals surface area contributed by atoms with E-state index < -0.39 is 5.91 Å². The SMILES string of the molecule is C=C/C=C(\C=C)C(C)NC(=O)/C(C#N)=C/c1ccc2[nH]ccc2c1. The van der Waals surface area contributed by atoms with Crippen LogP contribution < -0.4 is 5.32 Å². The molecule has 0 saturated heterocycles. The minimum Gasteiger partial charge on any atom is -0.361 e. The van der Waals surface area contributed by atoms with Gasteiger partial charge in [-0.3, -0.25) is 4.79 Å². The fourth-order valence-electron chi connectivity index (χ4n) is 2.36. The van der Waals surface area contributed by atoms with E-state index in [2.05, 4.69) is 23.5 Å². The summed E-state index contributed by atoms with van der Waals surface area (Å²) >= 11 is 0. The lowest BCUT2D eigenvalue weighted by Crippen LogP contribution is -2.34. The molecule has 2 rings (SSSR count). The van der Waals surface area contributed by atoms with Gasteiger partial charge in [0.1, 0.15) is 11.6 Å². The summed E-state index contributed by atoms with van der Waals surface area (Å²) < 4.78 is 0. The number of fused-ring (bicyclic) bond motifs is 1. The third-order valence-electron chi connectivity index (χ3n) is 3.65. The summed E-state index contributed by atoms with van der Waals surface area (Å²) in [6.07, 6.45) is 8.49. The zero-order valence-corrected chi connectivity index (χ0v) is 13.5. The molecule has 0 saturated carbocycles. The zero-order chi connectivity index (χ0) is 17.5. The van der Waals surface area contributed by atoms with E-state index in [9.17, 15) is 10.1 Å². The van der Waals surface area contributed by atoms with E-state index in [0.717, 1.165) is 22.0 Å². The molecule has 1 atom stereocenters. The highest BCUT2D eigenvalue weighted by molar-refractivity contribution is 6.02. The zero-order valence-electron chi connectivity index (χ0n) is 13.5. The second-order valence-corrected chi connectivity index (χ2v) is 5.30. The number of nitrogens with one attached hydrogen (secondary N) is 2. The molecular weight excluding hydrogens is 298 g/mol. The summed E-state index contributed by atoms with van der Waals surface area (Å²) in [4.78, 5) is 15.4. The third kappa shape index (κ3) is 3.90. The van der Waals surface area contributed by atoms with Crippen LogP contribution in [0.3, 0.4) is 0 Å². The van der Waals surface area contributed by atoms with Crippen LogP contribution in [-0.2, 0) is 4.79 Å². The van der Waals surface area contributed by atoms with Crippen LogP contribution in [0.2, 0.25) is 0 Å². The average Bonchev–Trinajstić information content (AvgIpc) is 3.04. The van der Waals surface area contributed by atoms with Gasteiger partial charge in [0.15, 0.2) is 0 Å². The van der Waals surface area contributed by atoms with Gasteiger partial charge in [-0.1, -0.05) is 37.5 Å². The average molecular weight is 317 g/mol. The fraction of sp³-hybridized carbons (Fsp3) is 0.100. The van der Waals surface area contributed by atoms with Gasteiger partial charge in [-0.25, -0.2) is 0 Å². The number of H-pyrrole nitrogens is 1. The largest absolute Gasteiger partial charge is 0.361 e. The van der Waals surface area contributed by atoms with Gasteiger partial charge in [0.25, 0.3) is 5.91 Å². The van der Waals surface area contributed by atoms with Crippen LogP contribution in [0.15, 0.2) is 73.0 Å². The number of nitrogens with zero attached hydrogens (tertiary/aromatic N) is 1. The lowest BCUT2D eigenvalue weighted by atomic mass is 10.1. The molecule has 0 aliphatic heterocycles. The number of benzene rings is 1. The van der Waals surface area contributed by atoms with E-state index >= 15 is 0 Å². The number of aromatic amines is 1. The van der Waals surface area contributed by atoms with Gasteiger partial charge in [-0.15, -0.1) is 0 Å². The number of carbonyl (C=O) groups excluding carboxylic acids is 1. The van der Waals surface area contributed by atoms with Crippen LogP contribution in [0, 0.1) is 11.3 Å². The van der Waals surface area contributed by atoms with Crippen LogP contribution in [0.1, 0.15) is 12.5 Å².